The van der Waals surface area contributed by atoms with Crippen LogP contribution in [0.3, 0.4) is 0 Å². The van der Waals surface area contributed by atoms with Crippen molar-refractivity contribution in [1.82, 2.24) is 0 Å². The molecular formula is C20H40N2. The van der Waals surface area contributed by atoms with Crippen LogP contribution in [0.15, 0.2) is 9.98 Å². The Bertz CT molecular complexity index is 285. The largest absolute Gasteiger partial charge is 0.288 e. The van der Waals surface area contributed by atoms with Gasteiger partial charge < -0.3 is 0 Å². The van der Waals surface area contributed by atoms with Crippen molar-refractivity contribution in [3.05, 3.63) is 0 Å². The average molecular weight is 309 g/mol. The maximum absolute atomic E-state index is 4.77. The second-order valence-corrected chi connectivity index (χ2v) is 6.79. The minimum Gasteiger partial charge on any atom is -0.288 e. The number of nitrogens with zero attached hydrogens (tertiary/aromatic N) is 2. The van der Waals surface area contributed by atoms with E-state index in [1.165, 1.54) is 38.5 Å². The lowest BCUT2D eigenvalue weighted by Gasteiger charge is -2.35. The van der Waals surface area contributed by atoms with E-state index in [1.54, 1.807) is 0 Å². The van der Waals surface area contributed by atoms with Gasteiger partial charge in [-0.05, 0) is 63.2 Å². The smallest absolute Gasteiger partial charge is 0.0527 e. The molecule has 0 saturated carbocycles. The summed E-state index contributed by atoms with van der Waals surface area (Å²) < 4.78 is 0. The summed E-state index contributed by atoms with van der Waals surface area (Å²) in [6.07, 6.45) is 11.0. The van der Waals surface area contributed by atoms with Crippen LogP contribution in [-0.2, 0) is 0 Å². The van der Waals surface area contributed by atoms with Gasteiger partial charge in [-0.2, -0.15) is 0 Å². The first-order chi connectivity index (χ1) is 10.4. The van der Waals surface area contributed by atoms with Gasteiger partial charge in [0.15, 0.2) is 0 Å². The Balaban J connectivity index is 4.85. The van der Waals surface area contributed by atoms with Crippen LogP contribution in [-0.4, -0.2) is 24.5 Å². The predicted molar refractivity (Wildman–Crippen MR) is 103 cm³/mol. The molecule has 2 atom stereocenters. The zero-order valence-corrected chi connectivity index (χ0v) is 16.4. The van der Waals surface area contributed by atoms with Crippen LogP contribution < -0.4 is 0 Å². The molecule has 2 heteroatoms. The fourth-order valence-electron chi connectivity index (χ4n) is 3.92. The van der Waals surface area contributed by atoms with Crippen molar-refractivity contribution in [2.24, 2.45) is 20.8 Å². The van der Waals surface area contributed by atoms with Gasteiger partial charge in [0.25, 0.3) is 0 Å². The molecule has 0 amide bonds. The van der Waals surface area contributed by atoms with Gasteiger partial charge in [-0.25, -0.2) is 0 Å². The zero-order valence-electron chi connectivity index (χ0n) is 16.4. The van der Waals surface area contributed by atoms with Crippen molar-refractivity contribution in [2.75, 3.05) is 0 Å². The second kappa shape index (κ2) is 10.2. The fourth-order valence-corrected chi connectivity index (χ4v) is 3.92. The fraction of sp³-hybridized carbons (Fsp3) is 0.900. The van der Waals surface area contributed by atoms with Crippen LogP contribution >= 0.6 is 0 Å². The highest BCUT2D eigenvalue weighted by Gasteiger charge is 2.31. The topological polar surface area (TPSA) is 24.7 Å². The van der Waals surface area contributed by atoms with Crippen LogP contribution in [0, 0.1) is 10.8 Å². The molecule has 0 saturated heterocycles. The predicted octanol–water partition coefficient (Wildman–Crippen LogP) is 6.34. The Kier molecular flexibility index (Phi) is 9.87. The highest BCUT2D eigenvalue weighted by Crippen LogP contribution is 2.36. The highest BCUT2D eigenvalue weighted by atomic mass is 14.8. The van der Waals surface area contributed by atoms with E-state index in [1.807, 2.05) is 12.4 Å². The van der Waals surface area contributed by atoms with Gasteiger partial charge in [-0.1, -0.05) is 41.5 Å². The van der Waals surface area contributed by atoms with Crippen molar-refractivity contribution in [1.29, 1.82) is 0 Å². The summed E-state index contributed by atoms with van der Waals surface area (Å²) in [7, 11) is 0. The van der Waals surface area contributed by atoms with Crippen molar-refractivity contribution in [3.8, 4) is 0 Å². The van der Waals surface area contributed by atoms with Gasteiger partial charge in [0.2, 0.25) is 0 Å². The molecule has 0 aromatic carbocycles. The molecule has 0 N–H and O–H groups in total. The molecular weight excluding hydrogens is 268 g/mol. The summed E-state index contributed by atoms with van der Waals surface area (Å²) in [5, 5.41) is 0. The number of hydrogen-bond donors (Lipinski definition) is 0. The summed E-state index contributed by atoms with van der Waals surface area (Å²) in [5.74, 6) is 0. The maximum Gasteiger partial charge on any atom is 0.0527 e. The number of aliphatic imine (C=N–C) groups is 2. The lowest BCUT2D eigenvalue weighted by atomic mass is 9.74. The SMILES string of the molecule is CCC(CC)(CC)[C@@H](C)N=CC=N[C@H](C)C(CC)(CC)CC. The lowest BCUT2D eigenvalue weighted by Crippen LogP contribution is -2.31. The third-order valence-corrected chi connectivity index (χ3v) is 6.68. The standard InChI is InChI=1S/C20H40N2/c1-9-19(10-2,11-3)17(7)21-15-16-22-18(8)20(12-4,13-5)14-6/h15-18H,9-14H2,1-8H3/t17-,18-/m1/s1. The molecule has 0 radical (unpaired) electrons. The van der Waals surface area contributed by atoms with Gasteiger partial charge >= 0.3 is 0 Å². The number of hydrogen-bond acceptors (Lipinski definition) is 2. The van der Waals surface area contributed by atoms with Crippen LogP contribution in [0.1, 0.15) is 93.9 Å². The van der Waals surface area contributed by atoms with E-state index in [0.717, 1.165) is 0 Å². The Hall–Kier alpha value is -0.660. The molecule has 0 spiro atoms. The van der Waals surface area contributed by atoms with Crippen LogP contribution in [0.5, 0.6) is 0 Å². The first kappa shape index (κ1) is 21.3. The van der Waals surface area contributed by atoms with E-state index in [0.29, 0.717) is 22.9 Å². The summed E-state index contributed by atoms with van der Waals surface area (Å²) >= 11 is 0. The molecule has 0 aromatic heterocycles. The summed E-state index contributed by atoms with van der Waals surface area (Å²) in [6, 6.07) is 0.727. The molecule has 0 rings (SSSR count). The molecule has 0 aromatic rings. The van der Waals surface area contributed by atoms with Gasteiger partial charge in [0.05, 0.1) is 12.1 Å². The molecule has 0 aliphatic carbocycles. The normalized spacial score (nSPS) is 16.5. The third kappa shape index (κ3) is 4.93. The van der Waals surface area contributed by atoms with E-state index in [4.69, 9.17) is 9.98 Å². The molecule has 130 valence electrons. The summed E-state index contributed by atoms with van der Waals surface area (Å²) in [5.41, 5.74) is 0.686. The molecule has 0 unspecified atom stereocenters. The van der Waals surface area contributed by atoms with Crippen molar-refractivity contribution < 1.29 is 0 Å². The van der Waals surface area contributed by atoms with Crippen molar-refractivity contribution >= 4 is 12.4 Å². The summed E-state index contributed by atoms with van der Waals surface area (Å²) in [6.45, 7) is 18.2. The van der Waals surface area contributed by atoms with E-state index >= 15 is 0 Å². The van der Waals surface area contributed by atoms with Gasteiger partial charge in [-0.3, -0.25) is 9.98 Å². The van der Waals surface area contributed by atoms with Crippen LogP contribution in [0.25, 0.3) is 0 Å². The zero-order chi connectivity index (χ0) is 17.2. The maximum atomic E-state index is 4.77. The molecule has 0 aliphatic rings. The Morgan fingerprint density at radius 3 is 1.00 bits per heavy atom. The van der Waals surface area contributed by atoms with Crippen LogP contribution in [0.4, 0.5) is 0 Å². The summed E-state index contributed by atoms with van der Waals surface area (Å²) in [4.78, 5) is 9.53. The third-order valence-electron chi connectivity index (χ3n) is 6.68. The Morgan fingerprint density at radius 1 is 0.591 bits per heavy atom. The van der Waals surface area contributed by atoms with Gasteiger partial charge in [0, 0.05) is 12.4 Å². The van der Waals surface area contributed by atoms with Gasteiger partial charge in [-0.15, -0.1) is 0 Å². The Labute approximate surface area is 139 Å². The monoisotopic (exact) mass is 308 g/mol. The van der Waals surface area contributed by atoms with Crippen molar-refractivity contribution in [2.45, 2.75) is 106 Å². The van der Waals surface area contributed by atoms with E-state index in [-0.39, 0.29) is 0 Å². The van der Waals surface area contributed by atoms with Gasteiger partial charge in [0.1, 0.15) is 0 Å². The second-order valence-electron chi connectivity index (χ2n) is 6.79. The molecule has 0 aliphatic heterocycles. The quantitative estimate of drug-likeness (QED) is 0.398. The van der Waals surface area contributed by atoms with E-state index in [9.17, 15) is 0 Å². The highest BCUT2D eigenvalue weighted by molar-refractivity contribution is 6.16. The minimum atomic E-state index is 0.343. The molecule has 0 fully saturated rings. The Morgan fingerprint density at radius 2 is 0.818 bits per heavy atom. The minimum absolute atomic E-state index is 0.343. The van der Waals surface area contributed by atoms with E-state index < -0.39 is 0 Å². The number of rotatable bonds is 11. The lowest BCUT2D eigenvalue weighted by molar-refractivity contribution is 0.205. The van der Waals surface area contributed by atoms with Crippen LogP contribution in [0.2, 0.25) is 0 Å². The molecule has 0 heterocycles. The van der Waals surface area contributed by atoms with E-state index in [2.05, 4.69) is 55.4 Å². The molecule has 22 heavy (non-hydrogen) atoms. The molecule has 2 nitrogen and oxygen atoms in total. The molecule has 0 bridgehead atoms. The first-order valence-corrected chi connectivity index (χ1v) is 9.46. The van der Waals surface area contributed by atoms with Crippen molar-refractivity contribution in [3.63, 3.8) is 0 Å². The average Bonchev–Trinajstić information content (AvgIpc) is 2.56. The first-order valence-electron chi connectivity index (χ1n) is 9.46.